The van der Waals surface area contributed by atoms with Gasteiger partial charge in [0.2, 0.25) is 0 Å². The Labute approximate surface area is 90.8 Å². The van der Waals surface area contributed by atoms with E-state index in [2.05, 4.69) is 49.1 Å². The lowest BCUT2D eigenvalue weighted by molar-refractivity contribution is 1.21. The highest BCUT2D eigenvalue weighted by atomic mass is 14.9. The van der Waals surface area contributed by atoms with Crippen LogP contribution in [0.15, 0.2) is 19.2 Å². The molecule has 0 radical (unpaired) electrons. The van der Waals surface area contributed by atoms with Crippen LogP contribution in [0, 0.1) is 0 Å². The van der Waals surface area contributed by atoms with Crippen molar-refractivity contribution < 1.29 is 0 Å². The van der Waals surface area contributed by atoms with E-state index in [4.69, 9.17) is 0 Å². The highest BCUT2D eigenvalue weighted by Gasteiger charge is 1.99. The zero-order valence-electron chi connectivity index (χ0n) is 9.51. The van der Waals surface area contributed by atoms with Crippen molar-refractivity contribution >= 4 is 17.7 Å². The molecule has 0 aliphatic carbocycles. The summed E-state index contributed by atoms with van der Waals surface area (Å²) in [5.74, 6) is 0.810. The summed E-state index contributed by atoms with van der Waals surface area (Å²) in [6.07, 6.45) is 7.93. The normalized spacial score (nSPS) is 13.2. The molecule has 1 N–H and O–H groups in total. The Bertz CT molecular complexity index is 430. The van der Waals surface area contributed by atoms with E-state index in [9.17, 15) is 0 Å². The smallest absolute Gasteiger partial charge is 0.137 e. The lowest BCUT2D eigenvalue weighted by atomic mass is 10.3. The van der Waals surface area contributed by atoms with Crippen LogP contribution in [-0.4, -0.2) is 9.97 Å². The minimum Gasteiger partial charge on any atom is -0.338 e. The number of imidazole rings is 1. The van der Waals surface area contributed by atoms with Crippen molar-refractivity contribution in [3.05, 3.63) is 35.8 Å². The average molecular weight is 202 g/mol. The molecule has 0 saturated carbocycles. The number of nitrogens with one attached hydrogen (secondary N) is 1. The van der Waals surface area contributed by atoms with Gasteiger partial charge in [0.25, 0.3) is 0 Å². The molecule has 0 bridgehead atoms. The highest BCUT2D eigenvalue weighted by Crippen LogP contribution is 2.02. The molecule has 0 aliphatic rings. The van der Waals surface area contributed by atoms with E-state index in [1.807, 2.05) is 0 Å². The molecule has 15 heavy (non-hydrogen) atoms. The molecule has 1 rings (SSSR count). The van der Waals surface area contributed by atoms with Gasteiger partial charge in [-0.2, -0.15) is 0 Å². The van der Waals surface area contributed by atoms with Gasteiger partial charge in [-0.05, 0) is 12.8 Å². The fourth-order valence-electron chi connectivity index (χ4n) is 1.36. The van der Waals surface area contributed by atoms with Crippen LogP contribution in [0.4, 0.5) is 0 Å². The summed E-state index contributed by atoms with van der Waals surface area (Å²) in [5, 5.41) is 2.09. The van der Waals surface area contributed by atoms with Crippen LogP contribution < -0.4 is 10.7 Å². The van der Waals surface area contributed by atoms with Crippen LogP contribution in [-0.2, 0) is 0 Å². The molecule has 1 aromatic heterocycles. The van der Waals surface area contributed by atoms with Crippen molar-refractivity contribution in [1.29, 1.82) is 0 Å². The molecule has 1 heterocycles. The molecule has 2 nitrogen and oxygen atoms in total. The summed E-state index contributed by atoms with van der Waals surface area (Å²) in [6, 6.07) is 0. The SMILES string of the molecule is C=CC(=C)c1nc(=C/CC)/c(=C\CC)[nH]1. The van der Waals surface area contributed by atoms with Crippen molar-refractivity contribution in [2.24, 2.45) is 0 Å². The van der Waals surface area contributed by atoms with Crippen LogP contribution >= 0.6 is 0 Å². The Hall–Kier alpha value is -1.57. The van der Waals surface area contributed by atoms with Crippen LogP contribution in [0.25, 0.3) is 17.7 Å². The van der Waals surface area contributed by atoms with Gasteiger partial charge >= 0.3 is 0 Å². The molecule has 0 fully saturated rings. The molecule has 1 aromatic rings. The van der Waals surface area contributed by atoms with E-state index in [0.29, 0.717) is 0 Å². The van der Waals surface area contributed by atoms with E-state index < -0.39 is 0 Å². The molecule has 80 valence electrons. The first-order chi connectivity index (χ1) is 7.22. The van der Waals surface area contributed by atoms with E-state index in [0.717, 1.165) is 34.9 Å². The van der Waals surface area contributed by atoms with Crippen molar-refractivity contribution in [3.8, 4) is 0 Å². The quantitative estimate of drug-likeness (QED) is 0.743. The maximum atomic E-state index is 4.48. The van der Waals surface area contributed by atoms with E-state index >= 15 is 0 Å². The Kier molecular flexibility index (Phi) is 4.10. The predicted octanol–water partition coefficient (Wildman–Crippen LogP) is 1.99. The van der Waals surface area contributed by atoms with E-state index in [1.165, 1.54) is 0 Å². The number of H-pyrrole nitrogens is 1. The third-order valence-corrected chi connectivity index (χ3v) is 2.12. The monoisotopic (exact) mass is 202 g/mol. The lowest BCUT2D eigenvalue weighted by Crippen LogP contribution is -2.23. The van der Waals surface area contributed by atoms with Gasteiger partial charge in [0.05, 0.1) is 10.7 Å². The van der Waals surface area contributed by atoms with E-state index in [1.54, 1.807) is 6.08 Å². The Morgan fingerprint density at radius 2 is 2.00 bits per heavy atom. The zero-order valence-corrected chi connectivity index (χ0v) is 9.51. The molecule has 0 spiro atoms. The van der Waals surface area contributed by atoms with Gasteiger partial charge in [-0.15, -0.1) is 0 Å². The fourth-order valence-corrected chi connectivity index (χ4v) is 1.36. The van der Waals surface area contributed by atoms with Crippen LogP contribution in [0.1, 0.15) is 32.5 Å². The van der Waals surface area contributed by atoms with Crippen molar-refractivity contribution in [3.63, 3.8) is 0 Å². The zero-order chi connectivity index (χ0) is 11.3. The Morgan fingerprint density at radius 3 is 2.53 bits per heavy atom. The van der Waals surface area contributed by atoms with Gasteiger partial charge in [0.1, 0.15) is 5.82 Å². The highest BCUT2D eigenvalue weighted by molar-refractivity contribution is 5.66. The molecule has 0 aliphatic heterocycles. The Morgan fingerprint density at radius 1 is 1.33 bits per heavy atom. The predicted molar refractivity (Wildman–Crippen MR) is 66.6 cm³/mol. The second-order valence-electron chi connectivity index (χ2n) is 3.34. The van der Waals surface area contributed by atoms with Gasteiger partial charge in [-0.3, -0.25) is 0 Å². The minimum absolute atomic E-state index is 0.810. The maximum absolute atomic E-state index is 4.48. The first kappa shape index (κ1) is 11.5. The number of aromatic amines is 1. The van der Waals surface area contributed by atoms with Gasteiger partial charge in [0.15, 0.2) is 0 Å². The van der Waals surface area contributed by atoms with E-state index in [-0.39, 0.29) is 0 Å². The molecule has 0 saturated heterocycles. The number of rotatable bonds is 4. The molecular formula is C13H18N2. The van der Waals surface area contributed by atoms with Crippen molar-refractivity contribution in [2.75, 3.05) is 0 Å². The Balaban J connectivity index is 3.34. The summed E-state index contributed by atoms with van der Waals surface area (Å²) in [6.45, 7) is 11.8. The van der Waals surface area contributed by atoms with Gasteiger partial charge < -0.3 is 4.98 Å². The maximum Gasteiger partial charge on any atom is 0.137 e. The molecular weight excluding hydrogens is 184 g/mol. The summed E-state index contributed by atoms with van der Waals surface area (Å²) in [4.78, 5) is 7.73. The van der Waals surface area contributed by atoms with Gasteiger partial charge in [-0.25, -0.2) is 4.98 Å². The van der Waals surface area contributed by atoms with Gasteiger partial charge in [0, 0.05) is 5.57 Å². The number of hydrogen-bond donors (Lipinski definition) is 1. The molecule has 0 unspecified atom stereocenters. The summed E-state index contributed by atoms with van der Waals surface area (Å²) in [5.41, 5.74) is 0.830. The molecule has 0 amide bonds. The number of aromatic nitrogens is 2. The minimum atomic E-state index is 0.810. The number of hydrogen-bond acceptors (Lipinski definition) is 1. The van der Waals surface area contributed by atoms with Crippen LogP contribution in [0.3, 0.4) is 0 Å². The third-order valence-electron chi connectivity index (χ3n) is 2.12. The average Bonchev–Trinajstić information content (AvgIpc) is 2.62. The number of allylic oxidation sites excluding steroid dienone is 2. The third kappa shape index (κ3) is 2.69. The summed E-state index contributed by atoms with van der Waals surface area (Å²) < 4.78 is 0. The molecule has 2 heteroatoms. The first-order valence-electron chi connectivity index (χ1n) is 5.31. The van der Waals surface area contributed by atoms with Crippen molar-refractivity contribution in [1.82, 2.24) is 9.97 Å². The summed E-state index contributed by atoms with van der Waals surface area (Å²) in [7, 11) is 0. The fraction of sp³-hybridized carbons (Fsp3) is 0.308. The standard InChI is InChI=1S/C13H18N2/c1-5-8-11-12(9-6-2)15-13(14-11)10(4)7-3/h7-9H,3-6H2,1-2H3,(H,14,15)/b11-8+,12-9+. The summed E-state index contributed by atoms with van der Waals surface area (Å²) >= 11 is 0. The largest absolute Gasteiger partial charge is 0.338 e. The lowest BCUT2D eigenvalue weighted by Gasteiger charge is -1.89. The molecule has 0 aromatic carbocycles. The number of nitrogens with zero attached hydrogens (tertiary/aromatic N) is 1. The van der Waals surface area contributed by atoms with Crippen molar-refractivity contribution in [2.45, 2.75) is 26.7 Å². The second kappa shape index (κ2) is 5.35. The van der Waals surface area contributed by atoms with Crippen LogP contribution in [0.5, 0.6) is 0 Å². The first-order valence-corrected chi connectivity index (χ1v) is 5.31. The van der Waals surface area contributed by atoms with Gasteiger partial charge in [-0.1, -0.05) is 45.2 Å². The molecule has 0 atom stereocenters. The topological polar surface area (TPSA) is 28.7 Å². The van der Waals surface area contributed by atoms with Crippen LogP contribution in [0.2, 0.25) is 0 Å². The second-order valence-corrected chi connectivity index (χ2v) is 3.34.